The summed E-state index contributed by atoms with van der Waals surface area (Å²) >= 11 is 0. The number of rotatable bonds is 4. The third kappa shape index (κ3) is 3.18. The normalized spacial score (nSPS) is 19.0. The first-order valence-corrected chi connectivity index (χ1v) is 9.07. The first kappa shape index (κ1) is 17.3. The molecule has 2 fully saturated rings. The Labute approximate surface area is 157 Å². The van der Waals surface area contributed by atoms with E-state index in [0.717, 1.165) is 40.3 Å². The maximum absolute atomic E-state index is 12.9. The van der Waals surface area contributed by atoms with Crippen LogP contribution in [-0.4, -0.2) is 27.3 Å². The van der Waals surface area contributed by atoms with Crippen molar-refractivity contribution in [1.82, 2.24) is 14.8 Å². The summed E-state index contributed by atoms with van der Waals surface area (Å²) < 4.78 is 2.25. The van der Waals surface area contributed by atoms with Gasteiger partial charge in [-0.05, 0) is 50.0 Å². The van der Waals surface area contributed by atoms with E-state index in [9.17, 15) is 14.4 Å². The molecule has 1 N–H and O–H groups in total. The summed E-state index contributed by atoms with van der Waals surface area (Å²) in [4.78, 5) is 38.4. The van der Waals surface area contributed by atoms with Crippen molar-refractivity contribution >= 4 is 23.9 Å². The summed E-state index contributed by atoms with van der Waals surface area (Å²) in [6.07, 6.45) is 3.92. The van der Waals surface area contributed by atoms with Crippen LogP contribution in [0.5, 0.6) is 0 Å². The lowest BCUT2D eigenvalue weighted by Crippen LogP contribution is -2.53. The lowest BCUT2D eigenvalue weighted by molar-refractivity contribution is -0.130. The molecule has 0 atom stereocenters. The molecule has 2 aromatic rings. The molecule has 1 aromatic carbocycles. The molecule has 1 saturated carbocycles. The van der Waals surface area contributed by atoms with Crippen molar-refractivity contribution in [1.29, 1.82) is 0 Å². The Hall–Kier alpha value is -3.15. The molecule has 1 aromatic heterocycles. The number of benzene rings is 1. The second kappa shape index (κ2) is 6.54. The van der Waals surface area contributed by atoms with Crippen LogP contribution in [0.3, 0.4) is 0 Å². The zero-order valence-electron chi connectivity index (χ0n) is 15.4. The molecule has 138 valence electrons. The van der Waals surface area contributed by atoms with Gasteiger partial charge in [0.2, 0.25) is 0 Å². The molecule has 2 heterocycles. The number of nitrogens with one attached hydrogen (secondary N) is 1. The molecule has 1 saturated heterocycles. The van der Waals surface area contributed by atoms with Gasteiger partial charge in [-0.25, -0.2) is 4.79 Å². The van der Waals surface area contributed by atoms with E-state index in [2.05, 4.69) is 9.88 Å². The van der Waals surface area contributed by atoms with E-state index in [0.29, 0.717) is 6.04 Å². The monoisotopic (exact) mass is 363 g/mol. The topological polar surface area (TPSA) is 71.4 Å². The Balaban J connectivity index is 1.66. The van der Waals surface area contributed by atoms with Gasteiger partial charge in [0.15, 0.2) is 0 Å². The highest BCUT2D eigenvalue weighted by molar-refractivity contribution is 6.31. The number of hydrogen-bond donors (Lipinski definition) is 1. The molecule has 4 amide bonds. The van der Waals surface area contributed by atoms with Gasteiger partial charge < -0.3 is 4.57 Å². The predicted octanol–water partition coefficient (Wildman–Crippen LogP) is 3.10. The molecule has 0 bridgehead atoms. The molecule has 1 aliphatic heterocycles. The second-order valence-corrected chi connectivity index (χ2v) is 7.12. The molecule has 0 spiro atoms. The minimum atomic E-state index is -0.686. The Morgan fingerprint density at radius 1 is 1.11 bits per heavy atom. The lowest BCUT2D eigenvalue weighted by atomic mass is 10.1. The molecule has 1 aliphatic carbocycles. The fourth-order valence-corrected chi connectivity index (χ4v) is 3.60. The van der Waals surface area contributed by atoms with E-state index in [1.54, 1.807) is 6.08 Å². The molecular weight excluding hydrogens is 342 g/mol. The molecule has 4 rings (SSSR count). The van der Waals surface area contributed by atoms with E-state index < -0.39 is 17.8 Å². The van der Waals surface area contributed by atoms with Gasteiger partial charge in [-0.3, -0.25) is 19.8 Å². The Kier molecular flexibility index (Phi) is 4.18. The van der Waals surface area contributed by atoms with Crippen LogP contribution in [0.1, 0.15) is 41.4 Å². The predicted molar refractivity (Wildman–Crippen MR) is 101 cm³/mol. The van der Waals surface area contributed by atoms with Crippen molar-refractivity contribution in [2.24, 2.45) is 0 Å². The van der Waals surface area contributed by atoms with Gasteiger partial charge in [-0.2, -0.15) is 0 Å². The van der Waals surface area contributed by atoms with Gasteiger partial charge in [0.05, 0.1) is 6.54 Å². The van der Waals surface area contributed by atoms with Crippen LogP contribution in [0.2, 0.25) is 0 Å². The summed E-state index contributed by atoms with van der Waals surface area (Å²) in [7, 11) is 0. The largest absolute Gasteiger partial charge is 0.346 e. The van der Waals surface area contributed by atoms with Crippen LogP contribution in [0.4, 0.5) is 4.79 Å². The number of barbiturate groups is 1. The smallest absolute Gasteiger partial charge is 0.331 e. The number of aromatic nitrogens is 1. The Morgan fingerprint density at radius 2 is 1.81 bits per heavy atom. The van der Waals surface area contributed by atoms with Crippen molar-refractivity contribution in [2.45, 2.75) is 39.3 Å². The van der Waals surface area contributed by atoms with Gasteiger partial charge in [0.1, 0.15) is 5.57 Å². The summed E-state index contributed by atoms with van der Waals surface area (Å²) in [6, 6.07) is 11.0. The molecule has 2 aliphatic rings. The van der Waals surface area contributed by atoms with E-state index in [1.165, 1.54) is 0 Å². The van der Waals surface area contributed by atoms with Crippen LogP contribution < -0.4 is 5.32 Å². The highest BCUT2D eigenvalue weighted by Gasteiger charge is 2.36. The van der Waals surface area contributed by atoms with Gasteiger partial charge in [-0.15, -0.1) is 0 Å². The number of imide groups is 2. The van der Waals surface area contributed by atoms with E-state index in [-0.39, 0.29) is 12.1 Å². The molecule has 27 heavy (non-hydrogen) atoms. The van der Waals surface area contributed by atoms with Gasteiger partial charge in [0.25, 0.3) is 11.8 Å². The number of nitrogens with zero attached hydrogens (tertiary/aromatic N) is 2. The first-order chi connectivity index (χ1) is 13.0. The fraction of sp³-hybridized carbons (Fsp3) is 0.286. The zero-order chi connectivity index (χ0) is 19.1. The minimum Gasteiger partial charge on any atom is -0.346 e. The third-order valence-corrected chi connectivity index (χ3v) is 5.10. The average Bonchev–Trinajstić information content (AvgIpc) is 3.42. The zero-order valence-corrected chi connectivity index (χ0v) is 15.4. The van der Waals surface area contributed by atoms with Crippen molar-refractivity contribution in [3.8, 4) is 0 Å². The number of hydrogen-bond acceptors (Lipinski definition) is 3. The summed E-state index contributed by atoms with van der Waals surface area (Å²) in [5, 5.41) is 2.28. The highest BCUT2D eigenvalue weighted by Crippen LogP contribution is 2.38. The molecule has 6 nitrogen and oxygen atoms in total. The van der Waals surface area contributed by atoms with Crippen LogP contribution in [0.15, 0.2) is 42.0 Å². The van der Waals surface area contributed by atoms with Crippen LogP contribution in [0.25, 0.3) is 6.08 Å². The van der Waals surface area contributed by atoms with Crippen LogP contribution in [0, 0.1) is 13.8 Å². The van der Waals surface area contributed by atoms with Gasteiger partial charge >= 0.3 is 6.03 Å². The molecule has 6 heteroatoms. The first-order valence-electron chi connectivity index (χ1n) is 9.07. The Bertz CT molecular complexity index is 968. The molecule has 0 radical (unpaired) electrons. The fourth-order valence-electron chi connectivity index (χ4n) is 3.60. The molecular formula is C21H21N3O3. The third-order valence-electron chi connectivity index (χ3n) is 5.10. The van der Waals surface area contributed by atoms with Crippen molar-refractivity contribution in [3.05, 3.63) is 64.5 Å². The van der Waals surface area contributed by atoms with E-state index in [1.807, 2.05) is 50.2 Å². The molecule has 0 unspecified atom stereocenters. The minimum absolute atomic E-state index is 0.0124. The van der Waals surface area contributed by atoms with Gasteiger partial charge in [-0.1, -0.05) is 30.3 Å². The van der Waals surface area contributed by atoms with Crippen LogP contribution >= 0.6 is 0 Å². The maximum Gasteiger partial charge on any atom is 0.331 e. The summed E-state index contributed by atoms with van der Waals surface area (Å²) in [5.41, 5.74) is 3.80. The number of carbonyl (C=O) groups is 3. The maximum atomic E-state index is 12.9. The number of urea groups is 1. The number of carbonyl (C=O) groups excluding carboxylic acids is 3. The van der Waals surface area contributed by atoms with Crippen LogP contribution in [-0.2, 0) is 16.1 Å². The van der Waals surface area contributed by atoms with E-state index >= 15 is 0 Å². The average molecular weight is 363 g/mol. The van der Waals surface area contributed by atoms with E-state index in [4.69, 9.17) is 0 Å². The number of amides is 4. The standard InChI is InChI=1S/C21H21N3O3/c1-13-10-16(14(2)24(13)17-8-9-17)11-18-19(25)22-21(27)23(20(18)26)12-15-6-4-3-5-7-15/h3-7,10-11,17H,8-9,12H2,1-2H3,(H,22,25,27)/b18-11+. The van der Waals surface area contributed by atoms with Crippen molar-refractivity contribution < 1.29 is 14.4 Å². The lowest BCUT2D eigenvalue weighted by Gasteiger charge is -2.26. The highest BCUT2D eigenvalue weighted by atomic mass is 16.2. The summed E-state index contributed by atoms with van der Waals surface area (Å²) in [6.45, 7) is 4.15. The van der Waals surface area contributed by atoms with Gasteiger partial charge in [0, 0.05) is 17.4 Å². The summed E-state index contributed by atoms with van der Waals surface area (Å²) in [5.74, 6) is -1.21. The van der Waals surface area contributed by atoms with Crippen molar-refractivity contribution in [3.63, 3.8) is 0 Å². The number of aryl methyl sites for hydroxylation is 1. The second-order valence-electron chi connectivity index (χ2n) is 7.12. The Morgan fingerprint density at radius 3 is 2.48 bits per heavy atom. The SMILES string of the molecule is Cc1cc(/C=C2\C(=O)NC(=O)N(Cc3ccccc3)C2=O)c(C)n1C1CC1. The van der Waals surface area contributed by atoms with Crippen molar-refractivity contribution in [2.75, 3.05) is 0 Å². The quantitative estimate of drug-likeness (QED) is 0.670.